The molecule has 5 heteroatoms. The maximum atomic E-state index is 13.0. The first-order valence-corrected chi connectivity index (χ1v) is 9.51. The topological polar surface area (TPSA) is 59.3 Å². The Hall–Kier alpha value is -3.13. The normalized spacial score (nSPS) is 20.1. The summed E-state index contributed by atoms with van der Waals surface area (Å²) < 4.78 is 24.3. The Bertz CT molecular complexity index is 968. The number of carbonyl (C=O) groups excluding carboxylic acids is 1. The second kappa shape index (κ2) is 8.08. The highest BCUT2D eigenvalue weighted by atomic mass is 19.1. The lowest BCUT2D eigenvalue weighted by molar-refractivity contribution is -0.149. The predicted molar refractivity (Wildman–Crippen MR) is 108 cm³/mol. The molecule has 0 aliphatic heterocycles. The van der Waals surface area contributed by atoms with Crippen molar-refractivity contribution in [3.63, 3.8) is 0 Å². The van der Waals surface area contributed by atoms with Gasteiger partial charge in [-0.25, -0.2) is 4.39 Å². The second-order valence-electron chi connectivity index (χ2n) is 8.14. The van der Waals surface area contributed by atoms with Crippen molar-refractivity contribution in [2.24, 2.45) is 17.3 Å². The van der Waals surface area contributed by atoms with Crippen LogP contribution in [0.25, 0.3) is 0 Å². The van der Waals surface area contributed by atoms with E-state index >= 15 is 0 Å². The van der Waals surface area contributed by atoms with Gasteiger partial charge in [-0.15, -0.1) is 0 Å². The monoisotopic (exact) mass is 393 g/mol. The van der Waals surface area contributed by atoms with E-state index < -0.39 is 6.10 Å². The van der Waals surface area contributed by atoms with Crippen molar-refractivity contribution in [1.82, 2.24) is 0 Å². The first kappa shape index (κ1) is 20.6. The minimum Gasteiger partial charge on any atom is -0.457 e. The number of ether oxygens (including phenoxy) is 2. The van der Waals surface area contributed by atoms with Gasteiger partial charge >= 0.3 is 5.97 Å². The number of rotatable bonds is 6. The quantitative estimate of drug-likeness (QED) is 0.448. The molecule has 3 atom stereocenters. The average molecular weight is 393 g/mol. The van der Waals surface area contributed by atoms with E-state index in [4.69, 9.17) is 9.47 Å². The molecule has 4 nitrogen and oxygen atoms in total. The van der Waals surface area contributed by atoms with Crippen molar-refractivity contribution < 1.29 is 18.7 Å². The zero-order valence-corrected chi connectivity index (χ0v) is 17.0. The van der Waals surface area contributed by atoms with E-state index in [1.807, 2.05) is 33.8 Å². The lowest BCUT2D eigenvalue weighted by Gasteiger charge is -2.13. The highest BCUT2D eigenvalue weighted by Crippen LogP contribution is 2.60. The smallest absolute Gasteiger partial charge is 0.311 e. The Morgan fingerprint density at radius 2 is 1.86 bits per heavy atom. The van der Waals surface area contributed by atoms with Crippen molar-refractivity contribution >= 4 is 5.97 Å². The summed E-state index contributed by atoms with van der Waals surface area (Å²) in [6.07, 6.45) is 1.06. The van der Waals surface area contributed by atoms with Crippen molar-refractivity contribution in [1.29, 1.82) is 5.26 Å². The standard InChI is InChI=1S/C24H24FNO3/c1-15(2)12-20-22(24(20,3)4)23(27)29-21(14-26)16-6-5-7-19(13-16)28-18-10-8-17(25)9-11-18/h5-13,20-22H,1-4H3. The van der Waals surface area contributed by atoms with E-state index in [9.17, 15) is 14.4 Å². The van der Waals surface area contributed by atoms with Crippen LogP contribution in [0.2, 0.25) is 0 Å². The first-order chi connectivity index (χ1) is 13.7. The van der Waals surface area contributed by atoms with Crippen molar-refractivity contribution in [3.8, 4) is 17.6 Å². The van der Waals surface area contributed by atoms with Gasteiger partial charge in [0.15, 0.2) is 0 Å². The third-order valence-electron chi connectivity index (χ3n) is 5.24. The molecule has 3 unspecified atom stereocenters. The van der Waals surface area contributed by atoms with Gasteiger partial charge in [0.25, 0.3) is 0 Å². The molecule has 0 N–H and O–H groups in total. The number of allylic oxidation sites excluding steroid dienone is 2. The van der Waals surface area contributed by atoms with Crippen molar-refractivity contribution in [2.45, 2.75) is 33.8 Å². The fourth-order valence-electron chi connectivity index (χ4n) is 3.54. The number of benzene rings is 2. The van der Waals surface area contributed by atoms with Crippen LogP contribution in [0, 0.1) is 34.4 Å². The van der Waals surface area contributed by atoms with Crippen LogP contribution in [-0.2, 0) is 9.53 Å². The molecule has 0 radical (unpaired) electrons. The van der Waals surface area contributed by atoms with E-state index in [2.05, 4.69) is 6.08 Å². The van der Waals surface area contributed by atoms with Crippen LogP contribution in [0.1, 0.15) is 39.4 Å². The number of hydrogen-bond acceptors (Lipinski definition) is 4. The third kappa shape index (κ3) is 4.65. The average Bonchev–Trinajstić information content (AvgIpc) is 3.21. The molecule has 1 fully saturated rings. The van der Waals surface area contributed by atoms with Gasteiger partial charge in [0.05, 0.1) is 5.92 Å². The number of carbonyl (C=O) groups is 1. The fourth-order valence-corrected chi connectivity index (χ4v) is 3.54. The molecule has 0 bridgehead atoms. The SMILES string of the molecule is CC(C)=CC1C(C(=O)OC(C#N)c2cccc(Oc3ccc(F)cc3)c2)C1(C)C. The summed E-state index contributed by atoms with van der Waals surface area (Å²) in [5, 5.41) is 9.56. The zero-order valence-electron chi connectivity index (χ0n) is 17.0. The highest BCUT2D eigenvalue weighted by molar-refractivity contribution is 5.78. The van der Waals surface area contributed by atoms with Crippen LogP contribution in [-0.4, -0.2) is 5.97 Å². The highest BCUT2D eigenvalue weighted by Gasteiger charge is 2.61. The van der Waals surface area contributed by atoms with Crippen LogP contribution < -0.4 is 4.74 Å². The summed E-state index contributed by atoms with van der Waals surface area (Å²) in [6, 6.07) is 14.5. The largest absolute Gasteiger partial charge is 0.457 e. The Kier molecular flexibility index (Phi) is 5.74. The number of nitriles is 1. The summed E-state index contributed by atoms with van der Waals surface area (Å²) in [5.41, 5.74) is 1.50. The van der Waals surface area contributed by atoms with Crippen molar-refractivity contribution in [3.05, 3.63) is 71.6 Å². The predicted octanol–water partition coefficient (Wildman–Crippen LogP) is 5.96. The summed E-state index contributed by atoms with van der Waals surface area (Å²) >= 11 is 0. The molecule has 0 aromatic heterocycles. The molecule has 2 aromatic rings. The first-order valence-electron chi connectivity index (χ1n) is 9.51. The molecule has 0 saturated heterocycles. The molecule has 3 rings (SSSR count). The van der Waals surface area contributed by atoms with E-state index in [1.165, 1.54) is 24.3 Å². The minimum absolute atomic E-state index is 0.118. The summed E-state index contributed by atoms with van der Waals surface area (Å²) in [7, 11) is 0. The van der Waals surface area contributed by atoms with Gasteiger partial charge in [0.2, 0.25) is 6.10 Å². The zero-order chi connectivity index (χ0) is 21.2. The van der Waals surface area contributed by atoms with Gasteiger partial charge in [0.1, 0.15) is 23.4 Å². The Labute approximate surface area is 170 Å². The molecule has 2 aromatic carbocycles. The maximum absolute atomic E-state index is 13.0. The molecule has 1 aliphatic rings. The maximum Gasteiger partial charge on any atom is 0.311 e. The van der Waals surface area contributed by atoms with Crippen LogP contribution in [0.3, 0.4) is 0 Å². The molecular weight excluding hydrogens is 369 g/mol. The molecule has 0 spiro atoms. The van der Waals surface area contributed by atoms with Gasteiger partial charge in [0, 0.05) is 5.56 Å². The molecule has 1 aliphatic carbocycles. The van der Waals surface area contributed by atoms with Gasteiger partial charge in [-0.05, 0) is 61.6 Å². The van der Waals surface area contributed by atoms with Gasteiger partial charge in [-0.2, -0.15) is 5.26 Å². The van der Waals surface area contributed by atoms with Crippen LogP contribution in [0.15, 0.2) is 60.2 Å². The number of nitrogens with zero attached hydrogens (tertiary/aromatic N) is 1. The Morgan fingerprint density at radius 1 is 1.17 bits per heavy atom. The molecule has 1 saturated carbocycles. The van der Waals surface area contributed by atoms with E-state index in [1.54, 1.807) is 24.3 Å². The fraction of sp³-hybridized carbons (Fsp3) is 0.333. The number of halogens is 1. The molecule has 150 valence electrons. The summed E-state index contributed by atoms with van der Waals surface area (Å²) in [5.74, 6) is 0.0863. The van der Waals surface area contributed by atoms with Crippen LogP contribution >= 0.6 is 0 Å². The van der Waals surface area contributed by atoms with E-state index in [-0.39, 0.29) is 29.0 Å². The molecular formula is C24H24FNO3. The number of hydrogen-bond donors (Lipinski definition) is 0. The van der Waals surface area contributed by atoms with E-state index in [0.717, 1.165) is 5.57 Å². The lowest BCUT2D eigenvalue weighted by atomic mass is 10.1. The van der Waals surface area contributed by atoms with Gasteiger partial charge < -0.3 is 9.47 Å². The second-order valence-corrected chi connectivity index (χ2v) is 8.14. The third-order valence-corrected chi connectivity index (χ3v) is 5.24. The van der Waals surface area contributed by atoms with Crippen LogP contribution in [0.4, 0.5) is 4.39 Å². The van der Waals surface area contributed by atoms with Crippen LogP contribution in [0.5, 0.6) is 11.5 Å². The Balaban J connectivity index is 1.72. The molecule has 0 amide bonds. The van der Waals surface area contributed by atoms with E-state index in [0.29, 0.717) is 17.1 Å². The van der Waals surface area contributed by atoms with Gasteiger partial charge in [-0.1, -0.05) is 37.6 Å². The summed E-state index contributed by atoms with van der Waals surface area (Å²) in [4.78, 5) is 12.7. The van der Waals surface area contributed by atoms with Crippen molar-refractivity contribution in [2.75, 3.05) is 0 Å². The number of esters is 1. The molecule has 0 heterocycles. The minimum atomic E-state index is -1.02. The lowest BCUT2D eigenvalue weighted by Crippen LogP contribution is -2.14. The Morgan fingerprint density at radius 3 is 2.48 bits per heavy atom. The molecule has 29 heavy (non-hydrogen) atoms. The van der Waals surface area contributed by atoms with Gasteiger partial charge in [-0.3, -0.25) is 4.79 Å². The summed E-state index contributed by atoms with van der Waals surface area (Å²) in [6.45, 7) is 8.06.